The molecule has 0 atom stereocenters. The number of carbonyl (C=O) groups is 2. The summed E-state index contributed by atoms with van der Waals surface area (Å²) in [7, 11) is 0. The van der Waals surface area contributed by atoms with Crippen LogP contribution in [0.1, 0.15) is 21.5 Å². The van der Waals surface area contributed by atoms with Gasteiger partial charge in [0.05, 0.1) is 17.7 Å². The number of ether oxygens (including phenoxy) is 2. The van der Waals surface area contributed by atoms with E-state index < -0.39 is 16.7 Å². The second kappa shape index (κ2) is 8.16. The van der Waals surface area contributed by atoms with Gasteiger partial charge in [0, 0.05) is 22.8 Å². The van der Waals surface area contributed by atoms with Crippen molar-refractivity contribution in [3.05, 3.63) is 63.2 Å². The van der Waals surface area contributed by atoms with E-state index in [1.807, 2.05) is 0 Å². The van der Waals surface area contributed by atoms with Gasteiger partial charge in [0.15, 0.2) is 11.5 Å². The van der Waals surface area contributed by atoms with E-state index in [2.05, 4.69) is 15.8 Å². The molecule has 2 aromatic rings. The van der Waals surface area contributed by atoms with Crippen molar-refractivity contribution in [3.8, 4) is 11.5 Å². The van der Waals surface area contributed by atoms with Crippen molar-refractivity contribution in [3.63, 3.8) is 0 Å². The van der Waals surface area contributed by atoms with E-state index in [0.717, 1.165) is 0 Å². The Kier molecular flexibility index (Phi) is 5.49. The van der Waals surface area contributed by atoms with Crippen molar-refractivity contribution >= 4 is 23.7 Å². The minimum atomic E-state index is -0.549. The molecule has 2 amide bonds. The molecular weight excluding hydrogens is 368 g/mol. The average Bonchev–Trinajstić information content (AvgIpc) is 3.15. The summed E-state index contributed by atoms with van der Waals surface area (Å²) in [5.74, 6) is 0.0207. The highest BCUT2D eigenvalue weighted by molar-refractivity contribution is 5.97. The molecule has 0 fully saturated rings. The summed E-state index contributed by atoms with van der Waals surface area (Å²) in [4.78, 5) is 34.3. The fourth-order valence-electron chi connectivity index (χ4n) is 2.42. The number of amides is 2. The smallest absolute Gasteiger partial charge is 0.272 e. The molecule has 3 rings (SSSR count). The maximum atomic E-state index is 12.1. The van der Waals surface area contributed by atoms with Crippen LogP contribution in [0.3, 0.4) is 0 Å². The van der Waals surface area contributed by atoms with Crippen LogP contribution in [-0.2, 0) is 4.79 Å². The summed E-state index contributed by atoms with van der Waals surface area (Å²) in [6, 6.07) is 9.28. The van der Waals surface area contributed by atoms with Gasteiger partial charge in [0.1, 0.15) is 0 Å². The van der Waals surface area contributed by atoms with E-state index in [1.165, 1.54) is 18.3 Å². The van der Waals surface area contributed by atoms with Gasteiger partial charge in [-0.25, -0.2) is 5.43 Å². The first-order valence-corrected chi connectivity index (χ1v) is 8.19. The molecule has 10 heteroatoms. The lowest BCUT2D eigenvalue weighted by atomic mass is 10.1. The number of rotatable bonds is 6. The van der Waals surface area contributed by atoms with Crippen molar-refractivity contribution in [1.82, 2.24) is 10.7 Å². The molecule has 1 heterocycles. The minimum absolute atomic E-state index is 0.0359. The molecule has 10 nitrogen and oxygen atoms in total. The molecule has 0 unspecified atom stereocenters. The Morgan fingerprint density at radius 3 is 2.79 bits per heavy atom. The zero-order chi connectivity index (χ0) is 20.1. The molecule has 28 heavy (non-hydrogen) atoms. The lowest BCUT2D eigenvalue weighted by Crippen LogP contribution is -2.34. The zero-order valence-electron chi connectivity index (χ0n) is 14.8. The number of benzene rings is 2. The molecular formula is C18H16N4O6. The van der Waals surface area contributed by atoms with Gasteiger partial charge in [-0.1, -0.05) is 12.1 Å². The summed E-state index contributed by atoms with van der Waals surface area (Å²) in [5.41, 5.74) is 3.52. The Morgan fingerprint density at radius 1 is 1.21 bits per heavy atom. The number of hydrazone groups is 1. The van der Waals surface area contributed by atoms with E-state index in [9.17, 15) is 19.7 Å². The van der Waals surface area contributed by atoms with Gasteiger partial charge in [-0.05, 0) is 25.1 Å². The standard InChI is InChI=1S/C18H16N4O6/c1-11-2-3-12(6-14(11)22(25)26)8-20-21-17(23)9-19-18(24)13-4-5-15-16(7-13)28-10-27-15/h2-8H,9-10H2,1H3,(H,19,24)(H,21,23)/b20-8+. The lowest BCUT2D eigenvalue weighted by molar-refractivity contribution is -0.385. The highest BCUT2D eigenvalue weighted by atomic mass is 16.7. The van der Waals surface area contributed by atoms with Gasteiger partial charge in [-0.2, -0.15) is 5.10 Å². The molecule has 144 valence electrons. The zero-order valence-corrected chi connectivity index (χ0v) is 14.8. The van der Waals surface area contributed by atoms with E-state index in [4.69, 9.17) is 9.47 Å². The molecule has 1 aliphatic rings. The van der Waals surface area contributed by atoms with E-state index >= 15 is 0 Å². The third kappa shape index (κ3) is 4.41. The number of hydrogen-bond acceptors (Lipinski definition) is 7. The van der Waals surface area contributed by atoms with E-state index in [0.29, 0.717) is 28.2 Å². The number of nitrogens with one attached hydrogen (secondary N) is 2. The van der Waals surface area contributed by atoms with Gasteiger partial charge < -0.3 is 14.8 Å². The largest absolute Gasteiger partial charge is 0.454 e. The van der Waals surface area contributed by atoms with Crippen LogP contribution in [0, 0.1) is 17.0 Å². The first-order chi connectivity index (χ1) is 13.4. The quantitative estimate of drug-likeness (QED) is 0.441. The van der Waals surface area contributed by atoms with Crippen molar-refractivity contribution in [2.24, 2.45) is 5.10 Å². The Labute approximate surface area is 159 Å². The Hall–Kier alpha value is -3.95. The van der Waals surface area contributed by atoms with Gasteiger partial charge >= 0.3 is 0 Å². The molecule has 1 aliphatic heterocycles. The average molecular weight is 384 g/mol. The van der Waals surface area contributed by atoms with Gasteiger partial charge in [-0.3, -0.25) is 19.7 Å². The number of fused-ring (bicyclic) bond motifs is 1. The van der Waals surface area contributed by atoms with Crippen LogP contribution in [0.25, 0.3) is 0 Å². The molecule has 2 N–H and O–H groups in total. The maximum Gasteiger partial charge on any atom is 0.272 e. The Balaban J connectivity index is 1.50. The van der Waals surface area contributed by atoms with Crippen molar-refractivity contribution in [2.75, 3.05) is 13.3 Å². The number of hydrogen-bond donors (Lipinski definition) is 2. The Morgan fingerprint density at radius 2 is 2.00 bits per heavy atom. The number of aryl methyl sites for hydroxylation is 1. The molecule has 2 aromatic carbocycles. The maximum absolute atomic E-state index is 12.1. The summed E-state index contributed by atoms with van der Waals surface area (Å²) in [6.07, 6.45) is 1.28. The topological polar surface area (TPSA) is 132 Å². The van der Waals surface area contributed by atoms with Crippen LogP contribution in [0.2, 0.25) is 0 Å². The number of nitrogens with zero attached hydrogens (tertiary/aromatic N) is 2. The number of nitro benzene ring substituents is 1. The highest BCUT2D eigenvalue weighted by Gasteiger charge is 2.16. The van der Waals surface area contributed by atoms with Crippen LogP contribution >= 0.6 is 0 Å². The van der Waals surface area contributed by atoms with Crippen LogP contribution in [0.5, 0.6) is 11.5 Å². The Bertz CT molecular complexity index is 973. The molecule has 0 saturated heterocycles. The summed E-state index contributed by atoms with van der Waals surface area (Å²) in [6.45, 7) is 1.44. The van der Waals surface area contributed by atoms with Gasteiger partial charge in [0.2, 0.25) is 6.79 Å². The number of carbonyl (C=O) groups excluding carboxylic acids is 2. The second-order valence-corrected chi connectivity index (χ2v) is 5.85. The SMILES string of the molecule is Cc1ccc(/C=N/NC(=O)CNC(=O)c2ccc3c(c2)OCO3)cc1[N+](=O)[O-]. The van der Waals surface area contributed by atoms with Crippen molar-refractivity contribution in [2.45, 2.75) is 6.92 Å². The predicted molar refractivity (Wildman–Crippen MR) is 98.5 cm³/mol. The first kappa shape index (κ1) is 18.8. The van der Waals surface area contributed by atoms with Crippen LogP contribution in [-0.4, -0.2) is 36.3 Å². The van der Waals surface area contributed by atoms with E-state index in [1.54, 1.807) is 31.2 Å². The van der Waals surface area contributed by atoms with Crippen molar-refractivity contribution < 1.29 is 24.0 Å². The molecule has 0 aliphatic carbocycles. The third-order valence-corrected chi connectivity index (χ3v) is 3.88. The van der Waals surface area contributed by atoms with Crippen LogP contribution in [0.15, 0.2) is 41.5 Å². The van der Waals surface area contributed by atoms with Crippen LogP contribution < -0.4 is 20.2 Å². The fraction of sp³-hybridized carbons (Fsp3) is 0.167. The summed E-state index contributed by atoms with van der Waals surface area (Å²) < 4.78 is 10.4. The highest BCUT2D eigenvalue weighted by Crippen LogP contribution is 2.32. The first-order valence-electron chi connectivity index (χ1n) is 8.19. The minimum Gasteiger partial charge on any atom is -0.454 e. The van der Waals surface area contributed by atoms with E-state index in [-0.39, 0.29) is 19.0 Å². The molecule has 0 bridgehead atoms. The summed E-state index contributed by atoms with van der Waals surface area (Å²) >= 11 is 0. The van der Waals surface area contributed by atoms with Gasteiger partial charge in [0.25, 0.3) is 17.5 Å². The fourth-order valence-corrected chi connectivity index (χ4v) is 2.42. The molecule has 0 radical (unpaired) electrons. The monoisotopic (exact) mass is 384 g/mol. The third-order valence-electron chi connectivity index (χ3n) is 3.88. The molecule has 0 spiro atoms. The van der Waals surface area contributed by atoms with Crippen molar-refractivity contribution in [1.29, 1.82) is 0 Å². The normalized spacial score (nSPS) is 12.0. The molecule has 0 aromatic heterocycles. The lowest BCUT2D eigenvalue weighted by Gasteiger charge is -2.05. The second-order valence-electron chi connectivity index (χ2n) is 5.85. The van der Waals surface area contributed by atoms with Crippen LogP contribution in [0.4, 0.5) is 5.69 Å². The van der Waals surface area contributed by atoms with Gasteiger partial charge in [-0.15, -0.1) is 0 Å². The molecule has 0 saturated carbocycles. The predicted octanol–water partition coefficient (Wildman–Crippen LogP) is 1.51. The number of nitro groups is 1. The summed E-state index contributed by atoms with van der Waals surface area (Å²) in [5, 5.41) is 17.1.